The number of nitro benzene ring substituents is 1. The first kappa shape index (κ1) is 38.9. The number of alkyl halides is 9. The molecule has 0 spiro atoms. The van der Waals surface area contributed by atoms with Gasteiger partial charge >= 0.3 is 36.1 Å². The maximum Gasteiger partial charge on any atom is 0.460 e. The first-order chi connectivity index (χ1) is 21.6. The highest BCUT2D eigenvalue weighted by atomic mass is 19.4. The van der Waals surface area contributed by atoms with Gasteiger partial charge in [-0.3, -0.25) is 10.1 Å². The lowest BCUT2D eigenvalue weighted by atomic mass is 10.1. The minimum atomic E-state index is -7.18. The molecule has 2 aromatic carbocycles. The number of urea groups is 1. The molecule has 20 heteroatoms. The lowest BCUT2D eigenvalue weighted by Gasteiger charge is -2.33. The van der Waals surface area contributed by atoms with Crippen LogP contribution >= 0.6 is 0 Å². The second kappa shape index (κ2) is 15.5. The van der Waals surface area contributed by atoms with E-state index >= 15 is 0 Å². The third kappa shape index (κ3) is 9.83. The summed E-state index contributed by atoms with van der Waals surface area (Å²) in [4.78, 5) is 35.2. The second-order valence-electron chi connectivity index (χ2n) is 9.67. The Kier molecular flexibility index (Phi) is 12.8. The Morgan fingerprint density at radius 2 is 1.55 bits per heavy atom. The van der Waals surface area contributed by atoms with Gasteiger partial charge < -0.3 is 29.5 Å². The van der Waals surface area contributed by atoms with Gasteiger partial charge in [-0.15, -0.1) is 0 Å². The highest BCUT2D eigenvalue weighted by molar-refractivity contribution is 5.89. The first-order valence-corrected chi connectivity index (χ1v) is 13.4. The van der Waals surface area contributed by atoms with E-state index in [0.29, 0.717) is 10.5 Å². The van der Waals surface area contributed by atoms with Gasteiger partial charge in [-0.25, -0.2) is 9.59 Å². The molecule has 0 aliphatic heterocycles. The molecule has 1 atom stereocenters. The van der Waals surface area contributed by atoms with Crippen molar-refractivity contribution in [2.24, 2.45) is 0 Å². The number of nitrogens with one attached hydrogen (secondary N) is 1. The molecule has 2 amide bonds. The van der Waals surface area contributed by atoms with E-state index in [1.807, 2.05) is 0 Å². The van der Waals surface area contributed by atoms with Gasteiger partial charge in [-0.1, -0.05) is 18.2 Å². The van der Waals surface area contributed by atoms with E-state index in [4.69, 9.17) is 9.47 Å². The molecule has 0 aliphatic carbocycles. The van der Waals surface area contributed by atoms with Gasteiger partial charge in [-0.05, 0) is 37.6 Å². The number of rotatable bonds is 17. The molecule has 0 aromatic heterocycles. The van der Waals surface area contributed by atoms with Gasteiger partial charge in [0.05, 0.1) is 18.1 Å². The summed E-state index contributed by atoms with van der Waals surface area (Å²) in [6.45, 7) is -0.586. The number of benzene rings is 2. The van der Waals surface area contributed by atoms with Crippen molar-refractivity contribution in [3.05, 3.63) is 63.7 Å². The van der Waals surface area contributed by atoms with Crippen LogP contribution in [0.5, 0.6) is 5.75 Å². The number of aryl methyl sites for hydroxylation is 1. The van der Waals surface area contributed by atoms with E-state index in [-0.39, 0.29) is 30.0 Å². The number of carbonyl (C=O) groups excluding carboxylic acids is 1. The van der Waals surface area contributed by atoms with Crippen molar-refractivity contribution in [2.75, 3.05) is 38.2 Å². The smallest absolute Gasteiger partial charge is 0.460 e. The van der Waals surface area contributed by atoms with Crippen LogP contribution in [-0.2, 0) is 20.7 Å². The van der Waals surface area contributed by atoms with Crippen LogP contribution in [0.2, 0.25) is 0 Å². The summed E-state index contributed by atoms with van der Waals surface area (Å²) in [7, 11) is 0. The number of ether oxygens (including phenoxy) is 3. The van der Waals surface area contributed by atoms with Gasteiger partial charge in [0.15, 0.2) is 6.10 Å². The Morgan fingerprint density at radius 1 is 0.957 bits per heavy atom. The summed E-state index contributed by atoms with van der Waals surface area (Å²) in [6.07, 6.45) is -14.5. The van der Waals surface area contributed by atoms with Crippen LogP contribution in [-0.4, -0.2) is 90.1 Å². The molecule has 11 nitrogen and oxygen atoms in total. The fourth-order valence-electron chi connectivity index (χ4n) is 3.76. The molecule has 2 rings (SSSR count). The van der Waals surface area contributed by atoms with Crippen LogP contribution in [0, 0.1) is 17.0 Å². The van der Waals surface area contributed by atoms with Crippen molar-refractivity contribution >= 4 is 23.4 Å². The maximum atomic E-state index is 13.9. The third-order valence-corrected chi connectivity index (χ3v) is 6.32. The minimum Gasteiger partial charge on any atom is -0.492 e. The number of carboxylic acids is 1. The lowest BCUT2D eigenvalue weighted by molar-refractivity contribution is -0.443. The largest absolute Gasteiger partial charge is 0.492 e. The number of halogens is 9. The molecule has 0 aliphatic rings. The fraction of sp³-hybridized carbons (Fsp3) is 0.481. The SMILES string of the molecule is CCOC(Cc1ccc(OCCN(CCOC(F)(F)C(F)(F)C(F)(F)C(F)(F)F)C(=O)Nc2ccc(C)c([N+](=O)[O-])c2)cc1)C(=O)O. The molecule has 0 heterocycles. The van der Waals surface area contributed by atoms with Gasteiger partial charge in [0, 0.05) is 36.9 Å². The van der Waals surface area contributed by atoms with Crippen molar-refractivity contribution < 1.29 is 73.3 Å². The van der Waals surface area contributed by atoms with E-state index in [9.17, 15) is 64.3 Å². The predicted octanol–water partition coefficient (Wildman–Crippen LogP) is 6.29. The van der Waals surface area contributed by atoms with E-state index in [0.717, 1.165) is 6.07 Å². The average molecular weight is 694 g/mol. The summed E-state index contributed by atoms with van der Waals surface area (Å²) < 4.78 is 132. The summed E-state index contributed by atoms with van der Waals surface area (Å²) in [5.41, 5.74) is 0.140. The second-order valence-corrected chi connectivity index (χ2v) is 9.67. The zero-order valence-corrected chi connectivity index (χ0v) is 24.5. The molecule has 262 valence electrons. The topological polar surface area (TPSA) is 140 Å². The van der Waals surface area contributed by atoms with Crippen LogP contribution in [0.3, 0.4) is 0 Å². The summed E-state index contributed by atoms with van der Waals surface area (Å²) >= 11 is 0. The highest BCUT2D eigenvalue weighted by Gasteiger charge is 2.82. The number of anilines is 1. The Labute approximate surface area is 260 Å². The summed E-state index contributed by atoms with van der Waals surface area (Å²) in [6, 6.07) is 8.01. The van der Waals surface area contributed by atoms with E-state index in [1.165, 1.54) is 43.3 Å². The van der Waals surface area contributed by atoms with Crippen molar-refractivity contribution in [2.45, 2.75) is 50.5 Å². The number of nitro groups is 1. The molecule has 2 N–H and O–H groups in total. The van der Waals surface area contributed by atoms with Crippen molar-refractivity contribution in [1.82, 2.24) is 4.90 Å². The number of hydrogen-bond donors (Lipinski definition) is 2. The van der Waals surface area contributed by atoms with E-state index < -0.39 is 79.1 Å². The number of aliphatic carboxylic acids is 1. The Bertz CT molecular complexity index is 1390. The standard InChI is InChI=1S/C27H28F9N3O8/c1-3-45-21(22(40)41)14-17-5-8-19(9-6-17)46-12-10-38(23(42)37-18-7-4-16(2)20(15-18)39(43)44)11-13-47-27(35,36)25(30,31)24(28,29)26(32,33)34/h4-9,15,21H,3,10-14H2,1-2H3,(H,37,42)(H,40,41). The van der Waals surface area contributed by atoms with Crippen molar-refractivity contribution in [3.63, 3.8) is 0 Å². The summed E-state index contributed by atoms with van der Waals surface area (Å²) in [5.74, 6) is -15.2. The number of carbonyl (C=O) groups is 2. The Balaban J connectivity index is 2.17. The van der Waals surface area contributed by atoms with Gasteiger partial charge in [0.25, 0.3) is 5.69 Å². The number of nitrogens with zero attached hydrogens (tertiary/aromatic N) is 2. The van der Waals surface area contributed by atoms with Crippen molar-refractivity contribution in [3.8, 4) is 5.75 Å². The van der Waals surface area contributed by atoms with Crippen LogP contribution in [0.15, 0.2) is 42.5 Å². The molecule has 0 fully saturated rings. The third-order valence-electron chi connectivity index (χ3n) is 6.32. The van der Waals surface area contributed by atoms with Crippen LogP contribution in [0.4, 0.5) is 55.7 Å². The Hall–Kier alpha value is -4.33. The maximum absolute atomic E-state index is 13.9. The molecule has 0 radical (unpaired) electrons. The molecule has 0 saturated heterocycles. The molecule has 0 bridgehead atoms. The predicted molar refractivity (Wildman–Crippen MR) is 144 cm³/mol. The number of amides is 2. The normalized spacial score (nSPS) is 13.2. The monoisotopic (exact) mass is 693 g/mol. The average Bonchev–Trinajstić information content (AvgIpc) is 2.96. The van der Waals surface area contributed by atoms with Crippen LogP contribution < -0.4 is 10.1 Å². The van der Waals surface area contributed by atoms with Gasteiger partial charge in [0.1, 0.15) is 12.4 Å². The van der Waals surface area contributed by atoms with Crippen LogP contribution in [0.1, 0.15) is 18.1 Å². The van der Waals surface area contributed by atoms with Gasteiger partial charge in [-0.2, -0.15) is 39.5 Å². The minimum absolute atomic E-state index is 0.00710. The van der Waals surface area contributed by atoms with Crippen molar-refractivity contribution in [1.29, 1.82) is 0 Å². The molecule has 0 saturated carbocycles. The number of hydrogen-bond acceptors (Lipinski definition) is 7. The summed E-state index contributed by atoms with van der Waals surface area (Å²) in [5, 5.41) is 22.6. The zero-order chi connectivity index (χ0) is 35.8. The lowest BCUT2D eigenvalue weighted by Crippen LogP contribution is -2.62. The highest BCUT2D eigenvalue weighted by Crippen LogP contribution is 2.53. The van der Waals surface area contributed by atoms with Crippen LogP contribution in [0.25, 0.3) is 0 Å². The molecule has 1 unspecified atom stereocenters. The number of carboxylic acid groups (broad SMARTS) is 1. The molecule has 2 aromatic rings. The fourth-order valence-corrected chi connectivity index (χ4v) is 3.76. The quantitative estimate of drug-likeness (QED) is 0.112. The van der Waals surface area contributed by atoms with Gasteiger partial charge in [0.2, 0.25) is 0 Å². The van der Waals surface area contributed by atoms with E-state index in [2.05, 4.69) is 10.1 Å². The molecule has 47 heavy (non-hydrogen) atoms. The zero-order valence-electron chi connectivity index (χ0n) is 24.5. The molecular weight excluding hydrogens is 665 g/mol. The van der Waals surface area contributed by atoms with E-state index in [1.54, 1.807) is 6.92 Å². The first-order valence-electron chi connectivity index (χ1n) is 13.4. The molecular formula is C27H28F9N3O8. The Morgan fingerprint density at radius 3 is 2.09 bits per heavy atom.